The summed E-state index contributed by atoms with van der Waals surface area (Å²) < 4.78 is 2.05. The number of carbonyl (C=O) groups excluding carboxylic acids is 1. The Morgan fingerprint density at radius 1 is 1.28 bits per heavy atom. The summed E-state index contributed by atoms with van der Waals surface area (Å²) in [6, 6.07) is 1.11. The van der Waals surface area contributed by atoms with Crippen molar-refractivity contribution >= 4 is 5.91 Å². The van der Waals surface area contributed by atoms with Crippen LogP contribution in [0.3, 0.4) is 0 Å². The van der Waals surface area contributed by atoms with E-state index in [1.807, 2.05) is 12.5 Å². The standard InChI is InChI=1S/C20H32N4O/c1-2-5-16-12-24(17-6-3-4-7-17)13-18(16)22-19(25)20(8-9-20)14-23-11-10-21-15-23/h10-11,15-18H,2-9,12-14H2,1H3,(H,22,25)/t16-,18-/m1/s1. The first kappa shape index (κ1) is 17.1. The molecule has 0 aromatic carbocycles. The molecule has 1 amide bonds. The molecule has 0 unspecified atom stereocenters. The van der Waals surface area contributed by atoms with E-state index in [-0.39, 0.29) is 11.3 Å². The van der Waals surface area contributed by atoms with Gasteiger partial charge in [0.25, 0.3) is 0 Å². The SMILES string of the molecule is CCC[C@@H]1CN(C2CCCC2)C[C@H]1NC(=O)C1(Cn2ccnc2)CC1. The Hall–Kier alpha value is -1.36. The topological polar surface area (TPSA) is 50.2 Å². The van der Waals surface area contributed by atoms with Gasteiger partial charge in [0.2, 0.25) is 5.91 Å². The third kappa shape index (κ3) is 3.62. The normalized spacial score (nSPS) is 29.2. The molecule has 1 aliphatic heterocycles. The fourth-order valence-electron chi connectivity index (χ4n) is 4.96. The highest BCUT2D eigenvalue weighted by Gasteiger charge is 2.51. The molecule has 2 atom stereocenters. The molecule has 5 heteroatoms. The zero-order valence-electron chi connectivity index (χ0n) is 15.5. The van der Waals surface area contributed by atoms with Crippen LogP contribution in [0.2, 0.25) is 0 Å². The summed E-state index contributed by atoms with van der Waals surface area (Å²) in [5, 5.41) is 3.47. The van der Waals surface area contributed by atoms with Gasteiger partial charge in [-0.3, -0.25) is 9.69 Å². The molecular formula is C20H32N4O. The van der Waals surface area contributed by atoms with Crippen LogP contribution < -0.4 is 5.32 Å². The lowest BCUT2D eigenvalue weighted by Crippen LogP contribution is -2.45. The molecule has 3 aliphatic rings. The van der Waals surface area contributed by atoms with Crippen LogP contribution in [0.25, 0.3) is 0 Å². The van der Waals surface area contributed by atoms with Crippen LogP contribution in [0.15, 0.2) is 18.7 Å². The van der Waals surface area contributed by atoms with Gasteiger partial charge in [-0.15, -0.1) is 0 Å². The maximum atomic E-state index is 13.0. The number of likely N-dealkylation sites (tertiary alicyclic amines) is 1. The summed E-state index contributed by atoms with van der Waals surface area (Å²) in [5.74, 6) is 0.902. The number of hydrogen-bond donors (Lipinski definition) is 1. The summed E-state index contributed by atoms with van der Waals surface area (Å²) >= 11 is 0. The van der Waals surface area contributed by atoms with Gasteiger partial charge in [-0.05, 0) is 38.0 Å². The van der Waals surface area contributed by atoms with E-state index in [4.69, 9.17) is 0 Å². The van der Waals surface area contributed by atoms with Gasteiger partial charge in [0.15, 0.2) is 0 Å². The number of carbonyl (C=O) groups is 1. The zero-order chi connectivity index (χ0) is 17.3. The van der Waals surface area contributed by atoms with Crippen molar-refractivity contribution in [1.29, 1.82) is 0 Å². The van der Waals surface area contributed by atoms with Gasteiger partial charge in [0.1, 0.15) is 0 Å². The predicted molar refractivity (Wildman–Crippen MR) is 98.1 cm³/mol. The molecule has 138 valence electrons. The van der Waals surface area contributed by atoms with Gasteiger partial charge < -0.3 is 9.88 Å². The molecule has 3 fully saturated rings. The largest absolute Gasteiger partial charge is 0.351 e. The Morgan fingerprint density at radius 2 is 2.08 bits per heavy atom. The van der Waals surface area contributed by atoms with E-state index in [1.54, 1.807) is 6.20 Å². The first-order valence-corrected chi connectivity index (χ1v) is 10.2. The summed E-state index contributed by atoms with van der Waals surface area (Å²) in [6.07, 6.45) is 15.5. The minimum absolute atomic E-state index is 0.182. The molecule has 0 spiro atoms. The monoisotopic (exact) mass is 344 g/mol. The van der Waals surface area contributed by atoms with Crippen molar-refractivity contribution in [3.63, 3.8) is 0 Å². The number of nitrogens with one attached hydrogen (secondary N) is 1. The molecule has 5 nitrogen and oxygen atoms in total. The second-order valence-corrected chi connectivity index (χ2v) is 8.54. The molecular weight excluding hydrogens is 312 g/mol. The van der Waals surface area contributed by atoms with Gasteiger partial charge in [-0.25, -0.2) is 4.98 Å². The van der Waals surface area contributed by atoms with Crippen LogP contribution in [0.4, 0.5) is 0 Å². The average Bonchev–Trinajstić information content (AvgIpc) is 3.04. The molecule has 2 heterocycles. The molecule has 2 saturated carbocycles. The van der Waals surface area contributed by atoms with Crippen molar-refractivity contribution in [2.24, 2.45) is 11.3 Å². The number of amides is 1. The molecule has 25 heavy (non-hydrogen) atoms. The number of nitrogens with zero attached hydrogens (tertiary/aromatic N) is 3. The van der Waals surface area contributed by atoms with E-state index in [2.05, 4.69) is 26.7 Å². The highest BCUT2D eigenvalue weighted by atomic mass is 16.2. The lowest BCUT2D eigenvalue weighted by atomic mass is 9.97. The Balaban J connectivity index is 1.38. The van der Waals surface area contributed by atoms with E-state index in [0.717, 1.165) is 32.0 Å². The fraction of sp³-hybridized carbons (Fsp3) is 0.800. The van der Waals surface area contributed by atoms with Crippen LogP contribution in [0.1, 0.15) is 58.3 Å². The van der Waals surface area contributed by atoms with E-state index >= 15 is 0 Å². The number of hydrogen-bond acceptors (Lipinski definition) is 3. The molecule has 0 radical (unpaired) electrons. The second kappa shape index (κ2) is 7.10. The fourth-order valence-corrected chi connectivity index (χ4v) is 4.96. The van der Waals surface area contributed by atoms with Crippen LogP contribution in [0, 0.1) is 11.3 Å². The average molecular weight is 345 g/mol. The first-order chi connectivity index (χ1) is 12.2. The highest BCUT2D eigenvalue weighted by molar-refractivity contribution is 5.85. The van der Waals surface area contributed by atoms with E-state index < -0.39 is 0 Å². The Morgan fingerprint density at radius 3 is 2.72 bits per heavy atom. The van der Waals surface area contributed by atoms with Gasteiger partial charge in [0.05, 0.1) is 11.7 Å². The van der Waals surface area contributed by atoms with Crippen molar-refractivity contribution in [3.05, 3.63) is 18.7 Å². The summed E-state index contributed by atoms with van der Waals surface area (Å²) in [5.41, 5.74) is -0.182. The Bertz CT molecular complexity index is 575. The van der Waals surface area contributed by atoms with Crippen molar-refractivity contribution < 1.29 is 4.79 Å². The van der Waals surface area contributed by atoms with Crippen LogP contribution in [-0.4, -0.2) is 45.5 Å². The maximum absolute atomic E-state index is 13.0. The predicted octanol–water partition coefficient (Wildman–Crippen LogP) is 2.82. The van der Waals surface area contributed by atoms with Crippen molar-refractivity contribution in [2.45, 2.75) is 76.9 Å². The molecule has 1 N–H and O–H groups in total. The molecule has 1 aromatic rings. The number of rotatable bonds is 7. The smallest absolute Gasteiger partial charge is 0.228 e. The van der Waals surface area contributed by atoms with E-state index in [9.17, 15) is 4.79 Å². The highest BCUT2D eigenvalue weighted by Crippen LogP contribution is 2.47. The minimum atomic E-state index is -0.182. The van der Waals surface area contributed by atoms with Gasteiger partial charge in [-0.2, -0.15) is 0 Å². The molecule has 4 rings (SSSR count). The third-order valence-corrected chi connectivity index (χ3v) is 6.67. The van der Waals surface area contributed by atoms with Gasteiger partial charge in [-0.1, -0.05) is 26.2 Å². The zero-order valence-corrected chi connectivity index (χ0v) is 15.5. The molecule has 1 aromatic heterocycles. The quantitative estimate of drug-likeness (QED) is 0.827. The third-order valence-electron chi connectivity index (χ3n) is 6.67. The van der Waals surface area contributed by atoms with Crippen LogP contribution in [-0.2, 0) is 11.3 Å². The maximum Gasteiger partial charge on any atom is 0.228 e. The summed E-state index contributed by atoms with van der Waals surface area (Å²) in [6.45, 7) is 5.27. The van der Waals surface area contributed by atoms with Crippen molar-refractivity contribution in [2.75, 3.05) is 13.1 Å². The lowest BCUT2D eigenvalue weighted by Gasteiger charge is -2.24. The van der Waals surface area contributed by atoms with Crippen molar-refractivity contribution in [3.8, 4) is 0 Å². The van der Waals surface area contributed by atoms with Gasteiger partial charge >= 0.3 is 0 Å². The minimum Gasteiger partial charge on any atom is -0.351 e. The summed E-state index contributed by atoms with van der Waals surface area (Å²) in [4.78, 5) is 19.8. The van der Waals surface area contributed by atoms with E-state index in [1.165, 1.54) is 45.1 Å². The number of imidazole rings is 1. The molecule has 1 saturated heterocycles. The van der Waals surface area contributed by atoms with Gasteiger partial charge in [0, 0.05) is 44.1 Å². The Kier molecular flexibility index (Phi) is 4.85. The Labute approximate surface area is 151 Å². The molecule has 2 aliphatic carbocycles. The van der Waals surface area contributed by atoms with Crippen LogP contribution >= 0.6 is 0 Å². The van der Waals surface area contributed by atoms with Crippen molar-refractivity contribution in [1.82, 2.24) is 19.8 Å². The first-order valence-electron chi connectivity index (χ1n) is 10.2. The lowest BCUT2D eigenvalue weighted by molar-refractivity contribution is -0.127. The molecule has 0 bridgehead atoms. The number of aromatic nitrogens is 2. The summed E-state index contributed by atoms with van der Waals surface area (Å²) in [7, 11) is 0. The van der Waals surface area contributed by atoms with Crippen LogP contribution in [0.5, 0.6) is 0 Å². The van der Waals surface area contributed by atoms with E-state index in [0.29, 0.717) is 12.0 Å². The second-order valence-electron chi connectivity index (χ2n) is 8.54.